The maximum atomic E-state index is 13.5. The highest BCUT2D eigenvalue weighted by Crippen LogP contribution is 2.28. The average Bonchev–Trinajstić information content (AvgIpc) is 2.82. The second kappa shape index (κ2) is 6.04. The number of aliphatic hydroxyl groups is 1. The molecule has 1 aliphatic rings. The van der Waals surface area contributed by atoms with Gasteiger partial charge in [-0.3, -0.25) is 10.1 Å². The van der Waals surface area contributed by atoms with Gasteiger partial charge in [0.2, 0.25) is 15.8 Å². The third-order valence-electron chi connectivity index (χ3n) is 3.50. The lowest BCUT2D eigenvalue weighted by Crippen LogP contribution is -2.29. The van der Waals surface area contributed by atoms with E-state index in [-0.39, 0.29) is 12.5 Å². The molecule has 0 spiro atoms. The predicted octanol–water partition coefficient (Wildman–Crippen LogP) is 1.17. The van der Waals surface area contributed by atoms with E-state index in [1.807, 2.05) is 0 Å². The maximum Gasteiger partial charge on any atom is 0.324 e. The van der Waals surface area contributed by atoms with Crippen molar-refractivity contribution in [3.8, 4) is 0 Å². The molecule has 2 atom stereocenters. The highest BCUT2D eigenvalue weighted by molar-refractivity contribution is 7.89. The Morgan fingerprint density at radius 3 is 2.71 bits per heavy atom. The average molecular weight is 318 g/mol. The molecule has 0 saturated heterocycles. The number of nitrogens with one attached hydrogen (secondary N) is 1. The van der Waals surface area contributed by atoms with E-state index in [1.54, 1.807) is 0 Å². The third-order valence-corrected chi connectivity index (χ3v) is 4.95. The van der Waals surface area contributed by atoms with E-state index in [4.69, 9.17) is 0 Å². The van der Waals surface area contributed by atoms with Gasteiger partial charge in [-0.1, -0.05) is 6.07 Å². The molecule has 1 aromatic carbocycles. The van der Waals surface area contributed by atoms with E-state index in [0.29, 0.717) is 19.3 Å². The molecule has 1 aromatic rings. The summed E-state index contributed by atoms with van der Waals surface area (Å²) < 4.78 is 39.9. The van der Waals surface area contributed by atoms with Crippen LogP contribution in [0.5, 0.6) is 0 Å². The number of para-hydroxylation sites is 1. The Morgan fingerprint density at radius 2 is 2.14 bits per heavy atom. The van der Waals surface area contributed by atoms with Crippen molar-refractivity contribution in [1.29, 1.82) is 0 Å². The first-order chi connectivity index (χ1) is 9.81. The van der Waals surface area contributed by atoms with Crippen molar-refractivity contribution in [2.24, 2.45) is 5.92 Å². The van der Waals surface area contributed by atoms with Crippen molar-refractivity contribution in [3.05, 3.63) is 34.1 Å². The fourth-order valence-corrected chi connectivity index (χ4v) is 3.72. The van der Waals surface area contributed by atoms with Crippen molar-refractivity contribution < 1.29 is 22.8 Å². The van der Waals surface area contributed by atoms with E-state index in [0.717, 1.165) is 18.2 Å². The molecule has 7 nitrogen and oxygen atoms in total. The number of rotatable bonds is 5. The predicted molar refractivity (Wildman–Crippen MR) is 71.6 cm³/mol. The summed E-state index contributed by atoms with van der Waals surface area (Å²) in [6.07, 6.45) is 1.32. The smallest absolute Gasteiger partial charge is 0.324 e. The van der Waals surface area contributed by atoms with Gasteiger partial charge in [-0.25, -0.2) is 13.1 Å². The van der Waals surface area contributed by atoms with Crippen LogP contribution in [0.1, 0.15) is 19.3 Å². The zero-order chi connectivity index (χ0) is 15.6. The second-order valence-corrected chi connectivity index (χ2v) is 6.76. The number of benzene rings is 1. The summed E-state index contributed by atoms with van der Waals surface area (Å²) in [5.41, 5.74) is -1.06. The molecule has 0 amide bonds. The summed E-state index contributed by atoms with van der Waals surface area (Å²) in [4.78, 5) is 9.09. The number of nitro groups is 1. The number of sulfonamides is 1. The van der Waals surface area contributed by atoms with E-state index < -0.39 is 37.5 Å². The van der Waals surface area contributed by atoms with Gasteiger partial charge in [-0.2, -0.15) is 4.39 Å². The van der Waals surface area contributed by atoms with Crippen LogP contribution in [0.4, 0.5) is 10.1 Å². The minimum Gasteiger partial charge on any atom is -0.393 e. The van der Waals surface area contributed by atoms with Crippen LogP contribution in [-0.2, 0) is 10.0 Å². The highest BCUT2D eigenvalue weighted by Gasteiger charge is 2.31. The van der Waals surface area contributed by atoms with E-state index >= 15 is 0 Å². The van der Waals surface area contributed by atoms with Crippen molar-refractivity contribution >= 4 is 15.7 Å². The minimum atomic E-state index is -4.18. The summed E-state index contributed by atoms with van der Waals surface area (Å²) in [5, 5.41) is 20.2. The molecule has 2 unspecified atom stereocenters. The summed E-state index contributed by atoms with van der Waals surface area (Å²) in [7, 11) is -4.18. The first-order valence-corrected chi connectivity index (χ1v) is 7.90. The van der Waals surface area contributed by atoms with Gasteiger partial charge < -0.3 is 5.11 Å². The lowest BCUT2D eigenvalue weighted by molar-refractivity contribution is -0.390. The molecule has 0 bridgehead atoms. The van der Waals surface area contributed by atoms with Crippen molar-refractivity contribution in [2.45, 2.75) is 30.3 Å². The van der Waals surface area contributed by atoms with Crippen LogP contribution in [0.3, 0.4) is 0 Å². The fourth-order valence-electron chi connectivity index (χ4n) is 2.43. The molecule has 116 valence electrons. The van der Waals surface area contributed by atoms with Gasteiger partial charge in [-0.15, -0.1) is 0 Å². The lowest BCUT2D eigenvalue weighted by atomic mass is 10.1. The number of hydrogen-bond donors (Lipinski definition) is 2. The van der Waals surface area contributed by atoms with Crippen molar-refractivity contribution in [1.82, 2.24) is 4.72 Å². The van der Waals surface area contributed by atoms with Gasteiger partial charge in [-0.05, 0) is 37.3 Å². The molecule has 1 aliphatic carbocycles. The SMILES string of the molecule is O=[N+]([O-])c1c(F)cccc1S(=O)(=O)NCC1CCC(O)C1. The number of aliphatic hydroxyl groups excluding tert-OH is 1. The van der Waals surface area contributed by atoms with Gasteiger partial charge >= 0.3 is 5.69 Å². The summed E-state index contributed by atoms with van der Waals surface area (Å²) in [6.45, 7) is 0.0626. The largest absolute Gasteiger partial charge is 0.393 e. The second-order valence-electron chi connectivity index (χ2n) is 5.03. The molecule has 0 aliphatic heterocycles. The molecule has 2 rings (SSSR count). The van der Waals surface area contributed by atoms with E-state index in [1.165, 1.54) is 0 Å². The summed E-state index contributed by atoms with van der Waals surface area (Å²) in [6, 6.07) is 2.94. The van der Waals surface area contributed by atoms with Crippen LogP contribution in [0, 0.1) is 21.8 Å². The van der Waals surface area contributed by atoms with Gasteiger partial charge in [0.05, 0.1) is 11.0 Å². The highest BCUT2D eigenvalue weighted by atomic mass is 32.2. The molecule has 1 fully saturated rings. The molecule has 2 N–H and O–H groups in total. The van der Waals surface area contributed by atoms with Crippen LogP contribution < -0.4 is 4.72 Å². The molecule has 1 saturated carbocycles. The van der Waals surface area contributed by atoms with Crippen LogP contribution in [0.15, 0.2) is 23.1 Å². The Labute approximate surface area is 121 Å². The Bertz CT molecular complexity index is 649. The molecule has 0 aromatic heterocycles. The Hall–Kier alpha value is -1.58. The summed E-state index contributed by atoms with van der Waals surface area (Å²) >= 11 is 0. The minimum absolute atomic E-state index is 0.0256. The Kier molecular flexibility index (Phi) is 4.55. The first-order valence-electron chi connectivity index (χ1n) is 6.42. The quantitative estimate of drug-likeness (QED) is 0.625. The van der Waals surface area contributed by atoms with Crippen molar-refractivity contribution in [3.63, 3.8) is 0 Å². The normalized spacial score (nSPS) is 22.4. The first kappa shape index (κ1) is 15.8. The van der Waals surface area contributed by atoms with E-state index in [2.05, 4.69) is 4.72 Å². The van der Waals surface area contributed by atoms with Gasteiger partial charge in [0.15, 0.2) is 4.90 Å². The summed E-state index contributed by atoms with van der Waals surface area (Å²) in [5.74, 6) is -1.22. The maximum absolute atomic E-state index is 13.5. The third kappa shape index (κ3) is 3.55. The molecule has 0 heterocycles. The van der Waals surface area contributed by atoms with Crippen LogP contribution >= 0.6 is 0 Å². The Balaban J connectivity index is 2.20. The van der Waals surface area contributed by atoms with Gasteiger partial charge in [0.25, 0.3) is 0 Å². The Morgan fingerprint density at radius 1 is 1.43 bits per heavy atom. The van der Waals surface area contributed by atoms with Gasteiger partial charge in [0.1, 0.15) is 0 Å². The number of nitro benzene ring substituents is 1. The molecule has 21 heavy (non-hydrogen) atoms. The zero-order valence-corrected chi connectivity index (χ0v) is 11.8. The molecular weight excluding hydrogens is 303 g/mol. The topological polar surface area (TPSA) is 110 Å². The van der Waals surface area contributed by atoms with E-state index in [9.17, 15) is 28.0 Å². The molecule has 9 heteroatoms. The zero-order valence-electron chi connectivity index (χ0n) is 11.0. The number of halogens is 1. The van der Waals surface area contributed by atoms with Crippen LogP contribution in [0.25, 0.3) is 0 Å². The number of nitrogens with zero attached hydrogens (tertiary/aromatic N) is 1. The van der Waals surface area contributed by atoms with Crippen LogP contribution in [-0.4, -0.2) is 31.1 Å². The monoisotopic (exact) mass is 318 g/mol. The van der Waals surface area contributed by atoms with Crippen molar-refractivity contribution in [2.75, 3.05) is 6.54 Å². The lowest BCUT2D eigenvalue weighted by Gasteiger charge is -2.11. The van der Waals surface area contributed by atoms with Crippen LogP contribution in [0.2, 0.25) is 0 Å². The molecule has 0 radical (unpaired) electrons. The standard InChI is InChI=1S/C12H15FN2O5S/c13-10-2-1-3-11(12(10)15(17)18)21(19,20)14-7-8-4-5-9(16)6-8/h1-3,8-9,14,16H,4-7H2. The fraction of sp³-hybridized carbons (Fsp3) is 0.500. The number of hydrogen-bond acceptors (Lipinski definition) is 5. The van der Waals surface area contributed by atoms with Gasteiger partial charge in [0, 0.05) is 6.54 Å². The molecular formula is C12H15FN2O5S.